The Morgan fingerprint density at radius 2 is 2.00 bits per heavy atom. The van der Waals surface area contributed by atoms with Gasteiger partial charge in [-0.25, -0.2) is 9.97 Å². The highest BCUT2D eigenvalue weighted by molar-refractivity contribution is 7.07. The fourth-order valence-electron chi connectivity index (χ4n) is 3.26. The van der Waals surface area contributed by atoms with E-state index in [9.17, 15) is 9.59 Å². The highest BCUT2D eigenvalue weighted by Gasteiger charge is 2.23. The molecule has 0 saturated carbocycles. The molecule has 0 spiro atoms. The van der Waals surface area contributed by atoms with Crippen LogP contribution in [0.1, 0.15) is 10.5 Å². The lowest BCUT2D eigenvalue weighted by Gasteiger charge is -2.35. The molecule has 1 N–H and O–H groups in total. The monoisotopic (exact) mass is 385 g/mol. The van der Waals surface area contributed by atoms with Crippen LogP contribution in [0.4, 0.5) is 5.69 Å². The summed E-state index contributed by atoms with van der Waals surface area (Å²) in [5.41, 5.74) is 3.63. The average molecular weight is 385 g/mol. The molecule has 0 aliphatic carbocycles. The zero-order valence-corrected chi connectivity index (χ0v) is 15.4. The maximum absolute atomic E-state index is 12.4. The molecule has 3 aromatic rings. The standard InChI is InChI=1S/C18H19N5O3S/c24-8-7-23-11-19-15-9-13(1-2-14(15)17(23)25)21-3-5-22(6-4-21)18(26)16-10-27-12-20-16/h1-2,9-12,24H,3-8H2. The van der Waals surface area contributed by atoms with Gasteiger partial charge in [0.25, 0.3) is 11.5 Å². The molecule has 27 heavy (non-hydrogen) atoms. The van der Waals surface area contributed by atoms with Gasteiger partial charge in [-0.05, 0) is 18.2 Å². The molecule has 0 atom stereocenters. The summed E-state index contributed by atoms with van der Waals surface area (Å²) in [7, 11) is 0. The zero-order chi connectivity index (χ0) is 18.8. The Morgan fingerprint density at radius 1 is 1.19 bits per heavy atom. The third-order valence-corrected chi connectivity index (χ3v) is 5.32. The highest BCUT2D eigenvalue weighted by atomic mass is 32.1. The molecule has 2 aromatic heterocycles. The van der Waals surface area contributed by atoms with Crippen molar-refractivity contribution < 1.29 is 9.90 Å². The largest absolute Gasteiger partial charge is 0.395 e. The number of anilines is 1. The molecule has 1 fully saturated rings. The zero-order valence-electron chi connectivity index (χ0n) is 14.6. The van der Waals surface area contributed by atoms with Crippen LogP contribution in [-0.2, 0) is 6.54 Å². The molecular formula is C18H19N5O3S. The minimum absolute atomic E-state index is 0.0273. The Hall–Kier alpha value is -2.78. The second-order valence-electron chi connectivity index (χ2n) is 6.32. The van der Waals surface area contributed by atoms with Gasteiger partial charge in [-0.1, -0.05) is 0 Å². The second kappa shape index (κ2) is 7.45. The van der Waals surface area contributed by atoms with Crippen LogP contribution in [0.15, 0.2) is 40.2 Å². The molecule has 9 heteroatoms. The lowest BCUT2D eigenvalue weighted by molar-refractivity contribution is 0.0741. The van der Waals surface area contributed by atoms with Gasteiger partial charge in [0.2, 0.25) is 0 Å². The fourth-order valence-corrected chi connectivity index (χ4v) is 3.78. The van der Waals surface area contributed by atoms with Crippen LogP contribution in [-0.4, -0.2) is 63.2 Å². The van der Waals surface area contributed by atoms with Crippen LogP contribution in [0.25, 0.3) is 10.9 Å². The summed E-state index contributed by atoms with van der Waals surface area (Å²) in [6.07, 6.45) is 1.47. The van der Waals surface area contributed by atoms with E-state index < -0.39 is 0 Å². The smallest absolute Gasteiger partial charge is 0.273 e. The molecule has 1 aromatic carbocycles. The molecule has 0 bridgehead atoms. The van der Waals surface area contributed by atoms with Gasteiger partial charge in [-0.3, -0.25) is 14.2 Å². The number of fused-ring (bicyclic) bond motifs is 1. The molecule has 140 valence electrons. The number of aromatic nitrogens is 3. The van der Waals surface area contributed by atoms with Crippen molar-refractivity contribution in [2.75, 3.05) is 37.7 Å². The maximum Gasteiger partial charge on any atom is 0.273 e. The number of aliphatic hydroxyl groups is 1. The average Bonchev–Trinajstić information content (AvgIpc) is 3.24. The van der Waals surface area contributed by atoms with Crippen molar-refractivity contribution in [1.29, 1.82) is 0 Å². The second-order valence-corrected chi connectivity index (χ2v) is 7.04. The number of carbonyl (C=O) groups is 1. The number of carbonyl (C=O) groups excluding carboxylic acids is 1. The van der Waals surface area contributed by atoms with Crippen LogP contribution in [0, 0.1) is 0 Å². The summed E-state index contributed by atoms with van der Waals surface area (Å²) in [5, 5.41) is 11.3. The van der Waals surface area contributed by atoms with Gasteiger partial charge in [0, 0.05) is 37.2 Å². The Bertz CT molecular complexity index is 1010. The number of hydrogen-bond donors (Lipinski definition) is 1. The number of piperazine rings is 1. The van der Waals surface area contributed by atoms with Gasteiger partial charge >= 0.3 is 0 Å². The number of hydrogen-bond acceptors (Lipinski definition) is 7. The van der Waals surface area contributed by atoms with Gasteiger partial charge in [0.05, 0.1) is 35.9 Å². The van der Waals surface area contributed by atoms with Crippen molar-refractivity contribution in [2.24, 2.45) is 0 Å². The predicted octanol–water partition coefficient (Wildman–Crippen LogP) is 0.808. The van der Waals surface area contributed by atoms with E-state index >= 15 is 0 Å². The Morgan fingerprint density at radius 3 is 2.70 bits per heavy atom. The third kappa shape index (κ3) is 3.43. The fraction of sp³-hybridized carbons (Fsp3) is 0.333. The van der Waals surface area contributed by atoms with E-state index in [0.29, 0.717) is 42.8 Å². The molecule has 1 amide bonds. The first-order valence-electron chi connectivity index (χ1n) is 8.70. The lowest BCUT2D eigenvalue weighted by Crippen LogP contribution is -2.48. The van der Waals surface area contributed by atoms with E-state index in [0.717, 1.165) is 5.69 Å². The molecule has 3 heterocycles. The van der Waals surface area contributed by atoms with E-state index in [-0.39, 0.29) is 24.6 Å². The van der Waals surface area contributed by atoms with Crippen LogP contribution >= 0.6 is 11.3 Å². The van der Waals surface area contributed by atoms with E-state index in [2.05, 4.69) is 14.9 Å². The number of nitrogens with zero attached hydrogens (tertiary/aromatic N) is 5. The van der Waals surface area contributed by atoms with Crippen molar-refractivity contribution >= 4 is 33.8 Å². The van der Waals surface area contributed by atoms with E-state index in [4.69, 9.17) is 5.11 Å². The number of benzene rings is 1. The Balaban J connectivity index is 1.50. The van der Waals surface area contributed by atoms with Crippen molar-refractivity contribution in [3.05, 3.63) is 51.5 Å². The highest BCUT2D eigenvalue weighted by Crippen LogP contribution is 2.21. The number of rotatable bonds is 4. The first-order chi connectivity index (χ1) is 13.2. The Labute approximate surface area is 159 Å². The van der Waals surface area contributed by atoms with Crippen LogP contribution in [0.2, 0.25) is 0 Å². The van der Waals surface area contributed by atoms with Gasteiger partial charge in [-0.2, -0.15) is 0 Å². The van der Waals surface area contributed by atoms with Gasteiger partial charge in [-0.15, -0.1) is 11.3 Å². The van der Waals surface area contributed by atoms with E-state index in [1.807, 2.05) is 17.0 Å². The maximum atomic E-state index is 12.4. The molecule has 0 unspecified atom stereocenters. The van der Waals surface area contributed by atoms with Crippen LogP contribution in [0.5, 0.6) is 0 Å². The topological polar surface area (TPSA) is 91.6 Å². The van der Waals surface area contributed by atoms with E-state index in [1.54, 1.807) is 17.0 Å². The summed E-state index contributed by atoms with van der Waals surface area (Å²) in [4.78, 5) is 37.2. The minimum Gasteiger partial charge on any atom is -0.395 e. The normalized spacial score (nSPS) is 14.7. The lowest BCUT2D eigenvalue weighted by atomic mass is 10.2. The predicted molar refractivity (Wildman–Crippen MR) is 103 cm³/mol. The summed E-state index contributed by atoms with van der Waals surface area (Å²) < 4.78 is 1.41. The SMILES string of the molecule is O=C(c1cscn1)N1CCN(c2ccc3c(=O)n(CCO)cnc3c2)CC1. The molecule has 1 saturated heterocycles. The van der Waals surface area contributed by atoms with E-state index in [1.165, 1.54) is 22.2 Å². The Kier molecular flexibility index (Phi) is 4.87. The minimum atomic E-state index is -0.153. The third-order valence-electron chi connectivity index (χ3n) is 4.73. The molecule has 4 rings (SSSR count). The molecule has 8 nitrogen and oxygen atoms in total. The summed E-state index contributed by atoms with van der Waals surface area (Å²) in [6.45, 7) is 2.80. The van der Waals surface area contributed by atoms with Crippen molar-refractivity contribution in [1.82, 2.24) is 19.4 Å². The molecular weight excluding hydrogens is 366 g/mol. The number of aliphatic hydroxyl groups excluding tert-OH is 1. The first kappa shape index (κ1) is 17.6. The number of amides is 1. The van der Waals surface area contributed by atoms with Gasteiger partial charge in [0.15, 0.2) is 0 Å². The van der Waals surface area contributed by atoms with Gasteiger partial charge in [0.1, 0.15) is 5.69 Å². The first-order valence-corrected chi connectivity index (χ1v) is 9.64. The van der Waals surface area contributed by atoms with Crippen LogP contribution < -0.4 is 10.5 Å². The van der Waals surface area contributed by atoms with Crippen molar-refractivity contribution in [3.63, 3.8) is 0 Å². The van der Waals surface area contributed by atoms with Crippen LogP contribution in [0.3, 0.4) is 0 Å². The van der Waals surface area contributed by atoms with Gasteiger partial charge < -0.3 is 14.9 Å². The molecule has 0 radical (unpaired) electrons. The van der Waals surface area contributed by atoms with Crippen molar-refractivity contribution in [2.45, 2.75) is 6.54 Å². The number of thiazole rings is 1. The summed E-state index contributed by atoms with van der Waals surface area (Å²) in [6, 6.07) is 5.59. The molecule has 1 aliphatic rings. The summed E-state index contributed by atoms with van der Waals surface area (Å²) in [5.74, 6) is -0.0273. The van der Waals surface area contributed by atoms with Crippen molar-refractivity contribution in [3.8, 4) is 0 Å². The molecule has 1 aliphatic heterocycles. The summed E-state index contributed by atoms with van der Waals surface area (Å²) >= 11 is 1.42. The quantitative estimate of drug-likeness (QED) is 0.715.